The minimum atomic E-state index is -0.693. The Kier molecular flexibility index (Phi) is 5.94. The van der Waals surface area contributed by atoms with Gasteiger partial charge in [-0.2, -0.15) is 5.10 Å². The van der Waals surface area contributed by atoms with Crippen LogP contribution < -0.4 is 5.43 Å². The molecule has 0 spiro atoms. The standard InChI is InChI=1S/C17H16N4O4/c1-2-13(14-6-4-3-5-7-14)10-11-18-19-16-9-8-15(20(22)23)12-17(16)21(24)25/h2-9,11-13,19H,1,10H2. The second-order valence-electron chi connectivity index (χ2n) is 5.13. The van der Waals surface area contributed by atoms with Gasteiger partial charge in [0.15, 0.2) is 0 Å². The number of rotatable bonds is 8. The average Bonchev–Trinajstić information content (AvgIpc) is 2.62. The van der Waals surface area contributed by atoms with E-state index >= 15 is 0 Å². The van der Waals surface area contributed by atoms with E-state index in [4.69, 9.17) is 0 Å². The number of nitrogens with zero attached hydrogens (tertiary/aromatic N) is 3. The molecule has 2 aromatic carbocycles. The molecule has 2 rings (SSSR count). The predicted molar refractivity (Wildman–Crippen MR) is 95.9 cm³/mol. The lowest BCUT2D eigenvalue weighted by molar-refractivity contribution is -0.393. The van der Waals surface area contributed by atoms with Crippen LogP contribution in [0.4, 0.5) is 17.1 Å². The predicted octanol–water partition coefficient (Wildman–Crippen LogP) is 4.26. The molecule has 0 aliphatic rings. The van der Waals surface area contributed by atoms with Gasteiger partial charge in [0.1, 0.15) is 5.69 Å². The molecule has 0 saturated heterocycles. The summed E-state index contributed by atoms with van der Waals surface area (Å²) in [7, 11) is 0. The summed E-state index contributed by atoms with van der Waals surface area (Å²) in [6, 6.07) is 13.1. The van der Waals surface area contributed by atoms with Gasteiger partial charge >= 0.3 is 5.69 Å². The van der Waals surface area contributed by atoms with Crippen molar-refractivity contribution in [3.8, 4) is 0 Å². The van der Waals surface area contributed by atoms with Gasteiger partial charge in [-0.3, -0.25) is 25.7 Å². The van der Waals surface area contributed by atoms with E-state index in [0.717, 1.165) is 11.6 Å². The van der Waals surface area contributed by atoms with Crippen molar-refractivity contribution >= 4 is 23.3 Å². The van der Waals surface area contributed by atoms with Crippen LogP contribution in [0.3, 0.4) is 0 Å². The van der Waals surface area contributed by atoms with Gasteiger partial charge in [-0.1, -0.05) is 36.4 Å². The van der Waals surface area contributed by atoms with E-state index in [2.05, 4.69) is 17.1 Å². The Labute approximate surface area is 143 Å². The summed E-state index contributed by atoms with van der Waals surface area (Å²) in [5.41, 5.74) is 2.98. The van der Waals surface area contributed by atoms with Crippen LogP contribution in [0.25, 0.3) is 0 Å². The highest BCUT2D eigenvalue weighted by atomic mass is 16.6. The van der Waals surface area contributed by atoms with Gasteiger partial charge in [-0.05, 0) is 18.1 Å². The first-order valence-electron chi connectivity index (χ1n) is 7.40. The van der Waals surface area contributed by atoms with Gasteiger partial charge < -0.3 is 0 Å². The maximum absolute atomic E-state index is 11.0. The van der Waals surface area contributed by atoms with Crippen LogP contribution in [0.15, 0.2) is 66.3 Å². The van der Waals surface area contributed by atoms with Crippen LogP contribution in [0, 0.1) is 20.2 Å². The summed E-state index contributed by atoms with van der Waals surface area (Å²) in [5, 5.41) is 25.7. The molecule has 0 aliphatic carbocycles. The first-order chi connectivity index (χ1) is 12.0. The maximum atomic E-state index is 11.0. The van der Waals surface area contributed by atoms with Crippen LogP contribution in [-0.2, 0) is 0 Å². The van der Waals surface area contributed by atoms with Crippen LogP contribution in [0.1, 0.15) is 17.9 Å². The minimum absolute atomic E-state index is 0.0681. The van der Waals surface area contributed by atoms with E-state index in [9.17, 15) is 20.2 Å². The number of nitro groups is 2. The summed E-state index contributed by atoms with van der Waals surface area (Å²) in [6.07, 6.45) is 3.95. The molecule has 8 nitrogen and oxygen atoms in total. The second kappa shape index (κ2) is 8.34. The Morgan fingerprint density at radius 2 is 1.84 bits per heavy atom. The van der Waals surface area contributed by atoms with Crippen molar-refractivity contribution in [3.05, 3.63) is 87.0 Å². The first-order valence-corrected chi connectivity index (χ1v) is 7.40. The van der Waals surface area contributed by atoms with Crippen LogP contribution in [0.5, 0.6) is 0 Å². The fourth-order valence-corrected chi connectivity index (χ4v) is 2.23. The number of hydrazone groups is 1. The molecule has 1 atom stereocenters. The monoisotopic (exact) mass is 340 g/mol. The van der Waals surface area contributed by atoms with Crippen molar-refractivity contribution in [3.63, 3.8) is 0 Å². The van der Waals surface area contributed by atoms with E-state index in [-0.39, 0.29) is 17.3 Å². The number of hydrogen-bond acceptors (Lipinski definition) is 6. The zero-order valence-corrected chi connectivity index (χ0v) is 13.2. The topological polar surface area (TPSA) is 111 Å². The Balaban J connectivity index is 2.07. The largest absolute Gasteiger partial charge is 0.301 e. The summed E-state index contributed by atoms with van der Waals surface area (Å²) >= 11 is 0. The third-order valence-electron chi connectivity index (χ3n) is 3.54. The number of benzene rings is 2. The molecule has 1 unspecified atom stereocenters. The summed E-state index contributed by atoms with van der Waals surface area (Å²) < 4.78 is 0. The molecule has 0 saturated carbocycles. The van der Waals surface area contributed by atoms with Crippen molar-refractivity contribution in [1.82, 2.24) is 0 Å². The van der Waals surface area contributed by atoms with E-state index in [1.54, 1.807) is 12.3 Å². The summed E-state index contributed by atoms with van der Waals surface area (Å²) in [4.78, 5) is 20.4. The van der Waals surface area contributed by atoms with Crippen LogP contribution in [-0.4, -0.2) is 16.1 Å². The van der Waals surface area contributed by atoms with E-state index in [1.165, 1.54) is 12.1 Å². The lowest BCUT2D eigenvalue weighted by atomic mass is 9.97. The fraction of sp³-hybridized carbons (Fsp3) is 0.118. The average molecular weight is 340 g/mol. The molecule has 25 heavy (non-hydrogen) atoms. The first kappa shape index (κ1) is 17.8. The van der Waals surface area contributed by atoms with Gasteiger partial charge in [0, 0.05) is 18.2 Å². The maximum Gasteiger partial charge on any atom is 0.301 e. The molecule has 2 aromatic rings. The van der Waals surface area contributed by atoms with Gasteiger partial charge in [0.2, 0.25) is 0 Å². The fourth-order valence-electron chi connectivity index (χ4n) is 2.23. The van der Waals surface area contributed by atoms with Crippen LogP contribution >= 0.6 is 0 Å². The van der Waals surface area contributed by atoms with E-state index in [0.29, 0.717) is 6.42 Å². The van der Waals surface area contributed by atoms with Crippen LogP contribution in [0.2, 0.25) is 0 Å². The van der Waals surface area contributed by atoms with Crippen molar-refractivity contribution < 1.29 is 9.85 Å². The van der Waals surface area contributed by atoms with Gasteiger partial charge in [0.25, 0.3) is 5.69 Å². The Hall–Kier alpha value is -3.55. The Bertz CT molecular complexity index is 806. The minimum Gasteiger partial charge on any atom is -0.272 e. The SMILES string of the molecule is C=CC(CC=NNc1ccc([N+](=O)[O-])cc1[N+](=O)[O-])c1ccccc1. The highest BCUT2D eigenvalue weighted by Gasteiger charge is 2.19. The molecule has 0 radical (unpaired) electrons. The summed E-state index contributed by atoms with van der Waals surface area (Å²) in [6.45, 7) is 3.80. The molecular formula is C17H16N4O4. The molecule has 0 aliphatic heterocycles. The Morgan fingerprint density at radius 1 is 1.12 bits per heavy atom. The number of anilines is 1. The molecule has 0 heterocycles. The van der Waals surface area contributed by atoms with Crippen molar-refractivity contribution in [2.75, 3.05) is 5.43 Å². The second-order valence-corrected chi connectivity index (χ2v) is 5.13. The van der Waals surface area contributed by atoms with Gasteiger partial charge in [-0.15, -0.1) is 6.58 Å². The molecule has 0 amide bonds. The zero-order valence-electron chi connectivity index (χ0n) is 13.2. The third kappa shape index (κ3) is 4.71. The summed E-state index contributed by atoms with van der Waals surface area (Å²) in [5.74, 6) is 0.0681. The normalized spacial score (nSPS) is 11.8. The highest BCUT2D eigenvalue weighted by molar-refractivity contribution is 5.67. The number of non-ortho nitro benzene ring substituents is 1. The zero-order chi connectivity index (χ0) is 18.2. The number of nitro benzene ring substituents is 2. The molecule has 8 heteroatoms. The quantitative estimate of drug-likeness (QED) is 0.334. The molecule has 128 valence electrons. The lowest BCUT2D eigenvalue weighted by Crippen LogP contribution is -2.00. The number of nitrogens with one attached hydrogen (secondary N) is 1. The Morgan fingerprint density at radius 3 is 2.44 bits per heavy atom. The van der Waals surface area contributed by atoms with E-state index in [1.807, 2.05) is 30.3 Å². The third-order valence-corrected chi connectivity index (χ3v) is 3.54. The molecule has 0 fully saturated rings. The molecule has 0 bridgehead atoms. The smallest absolute Gasteiger partial charge is 0.272 e. The number of hydrogen-bond donors (Lipinski definition) is 1. The lowest BCUT2D eigenvalue weighted by Gasteiger charge is -2.09. The molecule has 1 N–H and O–H groups in total. The van der Waals surface area contributed by atoms with E-state index < -0.39 is 15.5 Å². The molecular weight excluding hydrogens is 324 g/mol. The van der Waals surface area contributed by atoms with Crippen molar-refractivity contribution in [2.45, 2.75) is 12.3 Å². The molecule has 0 aromatic heterocycles. The highest BCUT2D eigenvalue weighted by Crippen LogP contribution is 2.29. The van der Waals surface area contributed by atoms with Gasteiger partial charge in [-0.25, -0.2) is 0 Å². The number of allylic oxidation sites excluding steroid dienone is 1. The van der Waals surface area contributed by atoms with Crippen molar-refractivity contribution in [1.29, 1.82) is 0 Å². The van der Waals surface area contributed by atoms with Gasteiger partial charge in [0.05, 0.1) is 15.9 Å². The van der Waals surface area contributed by atoms with Crippen molar-refractivity contribution in [2.24, 2.45) is 5.10 Å².